The van der Waals surface area contributed by atoms with Gasteiger partial charge in [-0.3, -0.25) is 19.1 Å². The number of amides is 1. The Hall–Kier alpha value is -2.79. The molecule has 1 amide bonds. The molecule has 3 N–H and O–H groups in total. The number of nitrogens with one attached hydrogen (secondary N) is 2. The molecule has 3 rings (SSSR count). The van der Waals surface area contributed by atoms with Crippen molar-refractivity contribution >= 4 is 38.8 Å². The summed E-state index contributed by atoms with van der Waals surface area (Å²) in [7, 11) is 1.44. The van der Waals surface area contributed by atoms with Crippen LogP contribution < -0.4 is 16.6 Å². The van der Waals surface area contributed by atoms with Gasteiger partial charge < -0.3 is 15.0 Å². The summed E-state index contributed by atoms with van der Waals surface area (Å²) >= 11 is 3.20. The number of hydrogen-bond acceptors (Lipinski definition) is 6. The second kappa shape index (κ2) is 6.61. The van der Waals surface area contributed by atoms with E-state index in [0.717, 1.165) is 4.57 Å². The van der Waals surface area contributed by atoms with Crippen molar-refractivity contribution in [3.63, 3.8) is 0 Å². The topological polar surface area (TPSA) is 135 Å². The SMILES string of the molecule is Cn1c(=O)[nH]c(=O)c2c1nc(CO)n2CC(=O)Nc1cccc(Br)n1. The highest BCUT2D eigenvalue weighted by molar-refractivity contribution is 9.10. The number of H-pyrrole nitrogens is 1. The molecule has 130 valence electrons. The third-order valence-corrected chi connectivity index (χ3v) is 3.95. The van der Waals surface area contributed by atoms with Crippen LogP contribution in [-0.2, 0) is 25.0 Å². The average molecular weight is 409 g/mol. The third-order valence-electron chi connectivity index (χ3n) is 3.51. The van der Waals surface area contributed by atoms with Crippen molar-refractivity contribution in [2.75, 3.05) is 5.32 Å². The van der Waals surface area contributed by atoms with Gasteiger partial charge in [-0.1, -0.05) is 6.07 Å². The predicted molar refractivity (Wildman–Crippen MR) is 92.1 cm³/mol. The number of aromatic nitrogens is 5. The van der Waals surface area contributed by atoms with Gasteiger partial charge >= 0.3 is 5.69 Å². The Bertz CT molecular complexity index is 1080. The standard InChI is InChI=1S/C14H13BrN6O4/c1-20-12-11(13(24)19-14(20)25)21(9(6-22)18-12)5-10(23)17-8-4-2-3-7(15)16-8/h2-4,22H,5-6H2,1H3,(H,16,17,23)(H,19,24,25). The fourth-order valence-corrected chi connectivity index (χ4v) is 2.72. The fraction of sp³-hybridized carbons (Fsp3) is 0.214. The monoisotopic (exact) mass is 408 g/mol. The van der Waals surface area contributed by atoms with Gasteiger partial charge in [0.05, 0.1) is 0 Å². The fourth-order valence-electron chi connectivity index (χ4n) is 2.37. The van der Waals surface area contributed by atoms with Crippen LogP contribution in [0.15, 0.2) is 32.4 Å². The Morgan fingerprint density at radius 2 is 2.12 bits per heavy atom. The van der Waals surface area contributed by atoms with Crippen LogP contribution in [0.4, 0.5) is 5.82 Å². The molecule has 0 fully saturated rings. The molecule has 0 saturated carbocycles. The highest BCUT2D eigenvalue weighted by Gasteiger charge is 2.18. The Labute approximate surface area is 148 Å². The van der Waals surface area contributed by atoms with E-state index in [1.54, 1.807) is 18.2 Å². The van der Waals surface area contributed by atoms with E-state index in [1.165, 1.54) is 11.6 Å². The zero-order valence-corrected chi connectivity index (χ0v) is 14.6. The number of aliphatic hydroxyl groups excluding tert-OH is 1. The second-order valence-corrected chi connectivity index (χ2v) is 5.97. The maximum absolute atomic E-state index is 12.3. The minimum Gasteiger partial charge on any atom is -0.388 e. The number of nitrogens with zero attached hydrogens (tertiary/aromatic N) is 4. The van der Waals surface area contributed by atoms with Gasteiger partial charge in [-0.25, -0.2) is 14.8 Å². The molecule has 0 saturated heterocycles. The number of anilines is 1. The largest absolute Gasteiger partial charge is 0.388 e. The normalized spacial score (nSPS) is 11.0. The molecule has 0 unspecified atom stereocenters. The number of carbonyl (C=O) groups is 1. The number of halogens is 1. The molecular weight excluding hydrogens is 396 g/mol. The first kappa shape index (κ1) is 17.0. The van der Waals surface area contributed by atoms with Gasteiger partial charge in [0.25, 0.3) is 5.56 Å². The molecule has 3 aromatic heterocycles. The summed E-state index contributed by atoms with van der Waals surface area (Å²) in [6, 6.07) is 5.03. The van der Waals surface area contributed by atoms with E-state index < -0.39 is 23.8 Å². The van der Waals surface area contributed by atoms with Gasteiger partial charge in [-0.2, -0.15) is 0 Å². The summed E-state index contributed by atoms with van der Waals surface area (Å²) in [5.74, 6) is -0.0393. The maximum atomic E-state index is 12.3. The number of rotatable bonds is 4. The minimum atomic E-state index is -0.682. The van der Waals surface area contributed by atoms with Gasteiger partial charge in [0, 0.05) is 7.05 Å². The Balaban J connectivity index is 2.00. The van der Waals surface area contributed by atoms with Crippen molar-refractivity contribution in [2.45, 2.75) is 13.2 Å². The van der Waals surface area contributed by atoms with Gasteiger partial charge in [0.15, 0.2) is 11.2 Å². The van der Waals surface area contributed by atoms with Crippen molar-refractivity contribution in [3.8, 4) is 0 Å². The number of fused-ring (bicyclic) bond motifs is 1. The van der Waals surface area contributed by atoms with Crippen LogP contribution in [0.3, 0.4) is 0 Å². The summed E-state index contributed by atoms with van der Waals surface area (Å²) in [5, 5.41) is 12.1. The summed E-state index contributed by atoms with van der Waals surface area (Å²) in [5.41, 5.74) is -1.19. The lowest BCUT2D eigenvalue weighted by Gasteiger charge is -2.08. The molecule has 11 heteroatoms. The van der Waals surface area contributed by atoms with Crippen LogP contribution >= 0.6 is 15.9 Å². The molecule has 3 heterocycles. The highest BCUT2D eigenvalue weighted by atomic mass is 79.9. The van der Waals surface area contributed by atoms with E-state index in [1.807, 2.05) is 0 Å². The molecule has 0 radical (unpaired) electrons. The Morgan fingerprint density at radius 1 is 1.36 bits per heavy atom. The van der Waals surface area contributed by atoms with Gasteiger partial charge in [0.2, 0.25) is 5.91 Å². The lowest BCUT2D eigenvalue weighted by molar-refractivity contribution is -0.116. The molecule has 3 aromatic rings. The van der Waals surface area contributed by atoms with Crippen molar-refractivity contribution in [1.29, 1.82) is 0 Å². The number of aliphatic hydroxyl groups is 1. The molecular formula is C14H13BrN6O4. The number of hydrogen-bond donors (Lipinski definition) is 3. The molecule has 0 aliphatic carbocycles. The van der Waals surface area contributed by atoms with E-state index >= 15 is 0 Å². The Kier molecular flexibility index (Phi) is 4.51. The summed E-state index contributed by atoms with van der Waals surface area (Å²) in [4.78, 5) is 46.4. The van der Waals surface area contributed by atoms with Crippen LogP contribution in [0.25, 0.3) is 11.2 Å². The van der Waals surface area contributed by atoms with E-state index in [2.05, 4.69) is 36.2 Å². The number of imidazole rings is 1. The lowest BCUT2D eigenvalue weighted by atomic mass is 10.4. The Morgan fingerprint density at radius 3 is 2.80 bits per heavy atom. The van der Waals surface area contributed by atoms with E-state index in [-0.39, 0.29) is 23.5 Å². The van der Waals surface area contributed by atoms with Crippen molar-refractivity contribution in [2.24, 2.45) is 7.05 Å². The molecule has 10 nitrogen and oxygen atoms in total. The highest BCUT2D eigenvalue weighted by Crippen LogP contribution is 2.13. The van der Waals surface area contributed by atoms with Crippen LogP contribution in [0.5, 0.6) is 0 Å². The maximum Gasteiger partial charge on any atom is 0.329 e. The van der Waals surface area contributed by atoms with E-state index in [9.17, 15) is 19.5 Å². The lowest BCUT2D eigenvalue weighted by Crippen LogP contribution is -2.30. The first-order chi connectivity index (χ1) is 11.9. The molecule has 0 bridgehead atoms. The molecule has 0 aromatic carbocycles. The summed E-state index contributed by atoms with van der Waals surface area (Å²) in [6.07, 6.45) is 0. The molecule has 0 spiro atoms. The van der Waals surface area contributed by atoms with Crippen LogP contribution in [-0.4, -0.2) is 35.1 Å². The van der Waals surface area contributed by atoms with Crippen LogP contribution in [0, 0.1) is 0 Å². The molecule has 0 atom stereocenters. The summed E-state index contributed by atoms with van der Waals surface area (Å²) < 4.78 is 2.96. The average Bonchev–Trinajstić information content (AvgIpc) is 2.91. The third kappa shape index (κ3) is 3.23. The zero-order valence-electron chi connectivity index (χ0n) is 13.0. The molecule has 0 aliphatic rings. The van der Waals surface area contributed by atoms with Crippen molar-refractivity contribution in [1.82, 2.24) is 24.1 Å². The summed E-state index contributed by atoms with van der Waals surface area (Å²) in [6.45, 7) is -0.771. The van der Waals surface area contributed by atoms with Gasteiger partial charge in [-0.15, -0.1) is 0 Å². The van der Waals surface area contributed by atoms with Crippen molar-refractivity contribution < 1.29 is 9.90 Å². The number of carbonyl (C=O) groups excluding carboxylic acids is 1. The number of aryl methyl sites for hydroxylation is 1. The van der Waals surface area contributed by atoms with Crippen molar-refractivity contribution in [3.05, 3.63) is 49.5 Å². The van der Waals surface area contributed by atoms with Crippen LogP contribution in [0.2, 0.25) is 0 Å². The zero-order chi connectivity index (χ0) is 18.1. The number of pyridine rings is 1. The quantitative estimate of drug-likeness (QED) is 0.507. The first-order valence-corrected chi connectivity index (χ1v) is 7.91. The number of aromatic amines is 1. The van der Waals surface area contributed by atoms with Gasteiger partial charge in [-0.05, 0) is 28.1 Å². The van der Waals surface area contributed by atoms with E-state index in [4.69, 9.17) is 0 Å². The van der Waals surface area contributed by atoms with E-state index in [0.29, 0.717) is 10.4 Å². The predicted octanol–water partition coefficient (Wildman–Crippen LogP) is -0.288. The molecule has 25 heavy (non-hydrogen) atoms. The van der Waals surface area contributed by atoms with Crippen LogP contribution in [0.1, 0.15) is 5.82 Å². The first-order valence-electron chi connectivity index (χ1n) is 7.12. The minimum absolute atomic E-state index is 0.0310. The smallest absolute Gasteiger partial charge is 0.329 e. The second-order valence-electron chi connectivity index (χ2n) is 5.16. The van der Waals surface area contributed by atoms with Gasteiger partial charge in [0.1, 0.15) is 29.4 Å². The molecule has 0 aliphatic heterocycles.